The third-order valence-electron chi connectivity index (χ3n) is 3.88. The van der Waals surface area contributed by atoms with Gasteiger partial charge in [0.1, 0.15) is 6.10 Å². The van der Waals surface area contributed by atoms with Crippen LogP contribution >= 0.6 is 0 Å². The average molecular weight is 294 g/mol. The van der Waals surface area contributed by atoms with Gasteiger partial charge in [0.25, 0.3) is 0 Å². The number of esters is 1. The van der Waals surface area contributed by atoms with E-state index in [2.05, 4.69) is 33.9 Å². The minimum atomic E-state index is -1.84. The molecule has 1 aromatic carbocycles. The van der Waals surface area contributed by atoms with Gasteiger partial charge < -0.3 is 9.16 Å². The van der Waals surface area contributed by atoms with E-state index >= 15 is 0 Å². The number of carbonyl (C=O) groups excluding carboxylic acids is 1. The molecule has 112 valence electrons. The first-order valence-electron chi connectivity index (χ1n) is 6.99. The molecule has 4 heteroatoms. The smallest absolute Gasteiger partial charge is 0.303 e. The van der Waals surface area contributed by atoms with Crippen LogP contribution in [-0.4, -0.2) is 20.9 Å². The van der Waals surface area contributed by atoms with Crippen molar-refractivity contribution in [3.05, 3.63) is 35.9 Å². The zero-order chi connectivity index (χ0) is 15.4. The second kappa shape index (κ2) is 6.55. The number of hydrogen-bond acceptors (Lipinski definition) is 3. The molecule has 0 N–H and O–H groups in total. The summed E-state index contributed by atoms with van der Waals surface area (Å²) >= 11 is 0. The van der Waals surface area contributed by atoms with Gasteiger partial charge in [-0.25, -0.2) is 0 Å². The van der Waals surface area contributed by atoms with Gasteiger partial charge >= 0.3 is 5.97 Å². The molecule has 0 aliphatic carbocycles. The van der Waals surface area contributed by atoms with E-state index in [4.69, 9.17) is 9.16 Å². The number of carbonyl (C=O) groups is 1. The van der Waals surface area contributed by atoms with Crippen LogP contribution in [0.15, 0.2) is 30.3 Å². The molecule has 0 fully saturated rings. The summed E-state index contributed by atoms with van der Waals surface area (Å²) in [6.07, 6.45) is -0.331. The van der Waals surface area contributed by atoms with Crippen molar-refractivity contribution in [3.63, 3.8) is 0 Å². The molecule has 1 unspecified atom stereocenters. The molecule has 0 aliphatic heterocycles. The number of rotatable bonds is 5. The Bertz CT molecular complexity index is 435. The monoisotopic (exact) mass is 294 g/mol. The summed E-state index contributed by atoms with van der Waals surface area (Å²) in [5, 5.41) is 0.143. The van der Waals surface area contributed by atoms with E-state index in [1.54, 1.807) is 0 Å². The van der Waals surface area contributed by atoms with Crippen molar-refractivity contribution in [2.24, 2.45) is 0 Å². The van der Waals surface area contributed by atoms with Gasteiger partial charge in [0.05, 0.1) is 6.61 Å². The summed E-state index contributed by atoms with van der Waals surface area (Å²) in [6, 6.07) is 9.75. The molecule has 0 aromatic heterocycles. The number of hydrogen-bond donors (Lipinski definition) is 0. The Morgan fingerprint density at radius 3 is 2.20 bits per heavy atom. The predicted octanol–water partition coefficient (Wildman–Crippen LogP) is 4.31. The lowest BCUT2D eigenvalue weighted by Crippen LogP contribution is -2.42. The maximum absolute atomic E-state index is 11.3. The van der Waals surface area contributed by atoms with Crippen LogP contribution in [-0.2, 0) is 14.0 Å². The minimum absolute atomic E-state index is 0.143. The number of benzene rings is 1. The van der Waals surface area contributed by atoms with Gasteiger partial charge in [-0.3, -0.25) is 4.79 Å². The molecule has 0 saturated heterocycles. The van der Waals surface area contributed by atoms with Crippen molar-refractivity contribution in [1.29, 1.82) is 0 Å². The molecule has 3 nitrogen and oxygen atoms in total. The normalized spacial score (nSPS) is 13.9. The lowest BCUT2D eigenvalue weighted by molar-refractivity contribution is -0.148. The van der Waals surface area contributed by atoms with E-state index < -0.39 is 8.32 Å². The molecule has 0 bridgehead atoms. The first-order chi connectivity index (χ1) is 9.13. The summed E-state index contributed by atoms with van der Waals surface area (Å²) in [6.45, 7) is 12.8. The van der Waals surface area contributed by atoms with Crippen LogP contribution in [0.1, 0.15) is 39.4 Å². The summed E-state index contributed by atoms with van der Waals surface area (Å²) in [5.74, 6) is -0.280. The largest absolute Gasteiger partial charge is 0.455 e. The summed E-state index contributed by atoms with van der Waals surface area (Å²) < 4.78 is 11.6. The zero-order valence-electron chi connectivity index (χ0n) is 13.4. The van der Waals surface area contributed by atoms with Gasteiger partial charge in [0.15, 0.2) is 8.32 Å². The fraction of sp³-hybridized carbons (Fsp3) is 0.562. The summed E-state index contributed by atoms with van der Waals surface area (Å²) in [5.41, 5.74) is 0.974. The Morgan fingerprint density at radius 1 is 1.20 bits per heavy atom. The average Bonchev–Trinajstić information content (AvgIpc) is 2.33. The third kappa shape index (κ3) is 4.76. The van der Waals surface area contributed by atoms with Crippen molar-refractivity contribution < 1.29 is 14.0 Å². The fourth-order valence-electron chi connectivity index (χ4n) is 1.57. The molecular formula is C16H26O3Si. The van der Waals surface area contributed by atoms with Gasteiger partial charge in [-0.2, -0.15) is 0 Å². The van der Waals surface area contributed by atoms with E-state index in [0.717, 1.165) is 5.56 Å². The standard InChI is InChI=1S/C16H26O3Si/c1-13(17)19-15(14-10-8-7-9-11-14)12-18-20(5,6)16(2,3)4/h7-11,15H,12H2,1-6H3. The molecule has 0 spiro atoms. The molecule has 20 heavy (non-hydrogen) atoms. The molecule has 0 aliphatic rings. The highest BCUT2D eigenvalue weighted by atomic mass is 28.4. The predicted molar refractivity (Wildman–Crippen MR) is 84.1 cm³/mol. The maximum Gasteiger partial charge on any atom is 0.303 e. The van der Waals surface area contributed by atoms with E-state index in [1.165, 1.54) is 6.92 Å². The van der Waals surface area contributed by atoms with Gasteiger partial charge in [-0.05, 0) is 23.7 Å². The molecule has 1 aromatic rings. The summed E-state index contributed by atoms with van der Waals surface area (Å²) in [7, 11) is -1.84. The van der Waals surface area contributed by atoms with Crippen LogP contribution in [0.2, 0.25) is 18.1 Å². The second-order valence-corrected chi connectivity index (χ2v) is 11.4. The second-order valence-electron chi connectivity index (χ2n) is 6.58. The van der Waals surface area contributed by atoms with Crippen molar-refractivity contribution in [2.45, 2.75) is 51.9 Å². The number of ether oxygens (including phenoxy) is 1. The highest BCUT2D eigenvalue weighted by Gasteiger charge is 2.38. The molecule has 1 rings (SSSR count). The SMILES string of the molecule is CC(=O)OC(CO[Si](C)(C)C(C)(C)C)c1ccccc1. The molecule has 1 atom stereocenters. The Labute approximate surface area is 123 Å². The van der Waals surface area contributed by atoms with E-state index in [-0.39, 0.29) is 17.1 Å². The Balaban J connectivity index is 2.80. The Hall–Kier alpha value is -1.13. The Kier molecular flexibility index (Phi) is 5.54. The van der Waals surface area contributed by atoms with E-state index in [1.807, 2.05) is 30.3 Å². The van der Waals surface area contributed by atoms with E-state index in [0.29, 0.717) is 6.61 Å². The van der Waals surface area contributed by atoms with Crippen LogP contribution in [0.25, 0.3) is 0 Å². The van der Waals surface area contributed by atoms with Gasteiger partial charge in [-0.15, -0.1) is 0 Å². The maximum atomic E-state index is 11.3. The minimum Gasteiger partial charge on any atom is -0.455 e. The van der Waals surface area contributed by atoms with Gasteiger partial charge in [-0.1, -0.05) is 51.1 Å². The molecule has 0 saturated carbocycles. The molecule has 0 amide bonds. The van der Waals surface area contributed by atoms with Crippen molar-refractivity contribution >= 4 is 14.3 Å². The van der Waals surface area contributed by atoms with Crippen molar-refractivity contribution in [3.8, 4) is 0 Å². The molecular weight excluding hydrogens is 268 g/mol. The highest BCUT2D eigenvalue weighted by molar-refractivity contribution is 6.74. The molecule has 0 radical (unpaired) electrons. The zero-order valence-corrected chi connectivity index (χ0v) is 14.4. The third-order valence-corrected chi connectivity index (χ3v) is 8.38. The van der Waals surface area contributed by atoms with Crippen molar-refractivity contribution in [1.82, 2.24) is 0 Å². The topological polar surface area (TPSA) is 35.5 Å². The van der Waals surface area contributed by atoms with Crippen LogP contribution in [0.4, 0.5) is 0 Å². The highest BCUT2D eigenvalue weighted by Crippen LogP contribution is 2.37. The summed E-state index contributed by atoms with van der Waals surface area (Å²) in [4.78, 5) is 11.3. The first-order valence-corrected chi connectivity index (χ1v) is 9.90. The molecule has 0 heterocycles. The van der Waals surface area contributed by atoms with Gasteiger partial charge in [0, 0.05) is 6.92 Å². The lowest BCUT2D eigenvalue weighted by Gasteiger charge is -2.37. The Morgan fingerprint density at radius 2 is 1.75 bits per heavy atom. The fourth-order valence-corrected chi connectivity index (χ4v) is 2.57. The van der Waals surface area contributed by atoms with Crippen molar-refractivity contribution in [2.75, 3.05) is 6.61 Å². The lowest BCUT2D eigenvalue weighted by atomic mass is 10.1. The quantitative estimate of drug-likeness (QED) is 0.599. The van der Waals surface area contributed by atoms with E-state index in [9.17, 15) is 4.79 Å². The van der Waals surface area contributed by atoms with Gasteiger partial charge in [0.2, 0.25) is 0 Å². The van der Waals surface area contributed by atoms with Crippen LogP contribution in [0.5, 0.6) is 0 Å². The van der Waals surface area contributed by atoms with Crippen LogP contribution in [0, 0.1) is 0 Å². The van der Waals surface area contributed by atoms with Crippen LogP contribution < -0.4 is 0 Å². The van der Waals surface area contributed by atoms with Crippen LogP contribution in [0.3, 0.4) is 0 Å². The first kappa shape index (κ1) is 16.9.